The fourth-order valence-corrected chi connectivity index (χ4v) is 8.90. The van der Waals surface area contributed by atoms with Crippen molar-refractivity contribution in [3.8, 4) is 67.5 Å². The van der Waals surface area contributed by atoms with Crippen LogP contribution in [-0.4, -0.2) is 0 Å². The second-order valence-corrected chi connectivity index (χ2v) is 13.5. The maximum absolute atomic E-state index is 6.44. The van der Waals surface area contributed by atoms with Crippen molar-refractivity contribution in [2.75, 3.05) is 0 Å². The lowest BCUT2D eigenvalue weighted by molar-refractivity contribution is 0.487. The molecular formula is C48H26O2. The number of benzene rings is 10. The summed E-state index contributed by atoms with van der Waals surface area (Å²) in [5, 5.41) is 12.4. The highest BCUT2D eigenvalue weighted by atomic mass is 16.5. The van der Waals surface area contributed by atoms with Gasteiger partial charge in [-0.15, -0.1) is 0 Å². The molecule has 2 heteroatoms. The molecule has 0 saturated carbocycles. The molecule has 0 radical (unpaired) electrons. The first kappa shape index (κ1) is 26.3. The van der Waals surface area contributed by atoms with Crippen molar-refractivity contribution in [2.24, 2.45) is 0 Å². The molecule has 0 unspecified atom stereocenters. The van der Waals surface area contributed by atoms with Gasteiger partial charge in [-0.25, -0.2) is 0 Å². The van der Waals surface area contributed by atoms with Crippen LogP contribution in [0, 0.1) is 0 Å². The number of rotatable bonds is 2. The Bertz CT molecular complexity index is 2940. The first-order valence-corrected chi connectivity index (χ1v) is 17.2. The summed E-state index contributed by atoms with van der Waals surface area (Å²) in [5.74, 6) is 3.64. The van der Waals surface area contributed by atoms with Crippen LogP contribution >= 0.6 is 0 Å². The molecule has 50 heavy (non-hydrogen) atoms. The van der Waals surface area contributed by atoms with Gasteiger partial charge in [0.15, 0.2) is 0 Å². The topological polar surface area (TPSA) is 18.5 Å². The predicted octanol–water partition coefficient (Wildman–Crippen LogP) is 13.8. The SMILES string of the molecule is c1ccc2c(c1)Oc1ccc(-c3ccc4ccc5c(-c6ccc7c8c(cccc68)Oc6ccccc6-7)ccc6ccc3c4c65)c3cccc-2c13. The summed E-state index contributed by atoms with van der Waals surface area (Å²) in [6.07, 6.45) is 0. The van der Waals surface area contributed by atoms with Crippen LogP contribution < -0.4 is 9.47 Å². The number of fused-ring (bicyclic) bond motifs is 4. The third-order valence-corrected chi connectivity index (χ3v) is 11.0. The van der Waals surface area contributed by atoms with Crippen molar-refractivity contribution >= 4 is 53.9 Å². The van der Waals surface area contributed by atoms with Gasteiger partial charge in [-0.3, -0.25) is 0 Å². The van der Waals surface area contributed by atoms with Crippen LogP contribution in [0.5, 0.6) is 23.0 Å². The van der Waals surface area contributed by atoms with Crippen molar-refractivity contribution in [2.45, 2.75) is 0 Å². The van der Waals surface area contributed by atoms with Gasteiger partial charge in [0.25, 0.3) is 0 Å². The Hall–Kier alpha value is -6.64. The molecule has 0 aromatic heterocycles. The molecule has 0 amide bonds. The molecule has 2 nitrogen and oxygen atoms in total. The maximum Gasteiger partial charge on any atom is 0.135 e. The molecule has 10 aromatic rings. The van der Waals surface area contributed by atoms with Gasteiger partial charge in [-0.05, 0) is 101 Å². The zero-order valence-corrected chi connectivity index (χ0v) is 26.8. The minimum atomic E-state index is 0.909. The highest BCUT2D eigenvalue weighted by Gasteiger charge is 2.24. The standard InChI is InChI=1S/C48H26O2/c1-3-12-41-33(7-1)37-10-5-9-35-32(25-26-44(50-41)47(35)37)30-20-16-28-17-21-38-29(19-15-27-18-22-39(30)46(28)45(27)38)31-23-24-40-34-8-2-4-13-42(34)49-43-14-6-11-36(31)48(40)43/h1-26H. The minimum absolute atomic E-state index is 0.909. The normalized spacial score (nSPS) is 12.7. The summed E-state index contributed by atoms with van der Waals surface area (Å²) in [6.45, 7) is 0. The Morgan fingerprint density at radius 3 is 1.20 bits per heavy atom. The van der Waals surface area contributed by atoms with E-state index in [2.05, 4.69) is 146 Å². The first-order valence-electron chi connectivity index (χ1n) is 17.2. The summed E-state index contributed by atoms with van der Waals surface area (Å²) < 4.78 is 12.9. The van der Waals surface area contributed by atoms with Crippen LogP contribution in [0.15, 0.2) is 158 Å². The third-order valence-electron chi connectivity index (χ3n) is 11.0. The van der Waals surface area contributed by atoms with Crippen molar-refractivity contribution in [3.05, 3.63) is 158 Å². The van der Waals surface area contributed by atoms with E-state index in [4.69, 9.17) is 9.47 Å². The monoisotopic (exact) mass is 634 g/mol. The summed E-state index contributed by atoms with van der Waals surface area (Å²) in [5.41, 5.74) is 9.62. The fourth-order valence-electron chi connectivity index (χ4n) is 8.90. The average Bonchev–Trinajstić information content (AvgIpc) is 3.17. The van der Waals surface area contributed by atoms with Gasteiger partial charge in [0, 0.05) is 21.9 Å². The lowest BCUT2D eigenvalue weighted by Gasteiger charge is -2.23. The van der Waals surface area contributed by atoms with Crippen LogP contribution in [0.1, 0.15) is 0 Å². The summed E-state index contributed by atoms with van der Waals surface area (Å²) in [6, 6.07) is 57.1. The molecule has 0 N–H and O–H groups in total. The van der Waals surface area contributed by atoms with Crippen molar-refractivity contribution < 1.29 is 9.47 Å². The van der Waals surface area contributed by atoms with Gasteiger partial charge < -0.3 is 9.47 Å². The number of ether oxygens (including phenoxy) is 2. The van der Waals surface area contributed by atoms with Crippen LogP contribution in [0.4, 0.5) is 0 Å². The molecule has 2 heterocycles. The van der Waals surface area contributed by atoms with Crippen molar-refractivity contribution in [1.82, 2.24) is 0 Å². The molecule has 12 rings (SSSR count). The fraction of sp³-hybridized carbons (Fsp3) is 0. The minimum Gasteiger partial charge on any atom is -0.456 e. The van der Waals surface area contributed by atoms with Gasteiger partial charge in [0.1, 0.15) is 23.0 Å². The van der Waals surface area contributed by atoms with E-state index in [9.17, 15) is 0 Å². The molecule has 0 fully saturated rings. The van der Waals surface area contributed by atoms with E-state index in [0.717, 1.165) is 34.1 Å². The van der Waals surface area contributed by atoms with Gasteiger partial charge in [-0.1, -0.05) is 133 Å². The molecule has 0 saturated heterocycles. The largest absolute Gasteiger partial charge is 0.456 e. The molecule has 10 aromatic carbocycles. The van der Waals surface area contributed by atoms with E-state index in [0.29, 0.717) is 0 Å². The van der Waals surface area contributed by atoms with Gasteiger partial charge in [0.05, 0.1) is 0 Å². The third kappa shape index (κ3) is 3.37. The molecule has 0 bridgehead atoms. The van der Waals surface area contributed by atoms with E-state index in [-0.39, 0.29) is 0 Å². The van der Waals surface area contributed by atoms with Gasteiger partial charge in [-0.2, -0.15) is 0 Å². The van der Waals surface area contributed by atoms with Gasteiger partial charge in [0.2, 0.25) is 0 Å². The Labute approximate surface area is 287 Å². The zero-order valence-electron chi connectivity index (χ0n) is 26.8. The zero-order chi connectivity index (χ0) is 32.5. The van der Waals surface area contributed by atoms with Crippen LogP contribution in [0.2, 0.25) is 0 Å². The molecule has 0 aliphatic carbocycles. The highest BCUT2D eigenvalue weighted by molar-refractivity contribution is 6.29. The summed E-state index contributed by atoms with van der Waals surface area (Å²) >= 11 is 0. The molecule has 2 aliphatic heterocycles. The maximum atomic E-state index is 6.44. The second kappa shape index (κ2) is 9.49. The summed E-state index contributed by atoms with van der Waals surface area (Å²) in [7, 11) is 0. The Balaban J connectivity index is 1.11. The Kier molecular flexibility index (Phi) is 5.00. The highest BCUT2D eigenvalue weighted by Crippen LogP contribution is 2.52. The lowest BCUT2D eigenvalue weighted by Crippen LogP contribution is -1.98. The average molecular weight is 635 g/mol. The number of hydrogen-bond donors (Lipinski definition) is 0. The molecule has 2 aliphatic rings. The Morgan fingerprint density at radius 1 is 0.220 bits per heavy atom. The van der Waals surface area contributed by atoms with E-state index in [1.165, 1.54) is 87.2 Å². The molecule has 0 atom stereocenters. The second-order valence-electron chi connectivity index (χ2n) is 13.5. The van der Waals surface area contributed by atoms with E-state index in [1.807, 2.05) is 12.1 Å². The van der Waals surface area contributed by atoms with E-state index >= 15 is 0 Å². The molecule has 230 valence electrons. The van der Waals surface area contributed by atoms with Gasteiger partial charge >= 0.3 is 0 Å². The summed E-state index contributed by atoms with van der Waals surface area (Å²) in [4.78, 5) is 0. The Morgan fingerprint density at radius 2 is 0.600 bits per heavy atom. The lowest BCUT2D eigenvalue weighted by atomic mass is 9.84. The molecule has 0 spiro atoms. The smallest absolute Gasteiger partial charge is 0.135 e. The van der Waals surface area contributed by atoms with Crippen LogP contribution in [-0.2, 0) is 0 Å². The molecular weight excluding hydrogens is 609 g/mol. The van der Waals surface area contributed by atoms with Crippen molar-refractivity contribution in [1.29, 1.82) is 0 Å². The van der Waals surface area contributed by atoms with E-state index in [1.54, 1.807) is 0 Å². The number of para-hydroxylation sites is 2. The first-order chi connectivity index (χ1) is 24.8. The van der Waals surface area contributed by atoms with E-state index < -0.39 is 0 Å². The predicted molar refractivity (Wildman–Crippen MR) is 207 cm³/mol. The van der Waals surface area contributed by atoms with Crippen LogP contribution in [0.3, 0.4) is 0 Å². The van der Waals surface area contributed by atoms with Crippen molar-refractivity contribution in [3.63, 3.8) is 0 Å². The van der Waals surface area contributed by atoms with Crippen LogP contribution in [0.25, 0.3) is 98.4 Å². The number of hydrogen-bond acceptors (Lipinski definition) is 2. The quantitative estimate of drug-likeness (QED) is 0.176.